The third-order valence-electron chi connectivity index (χ3n) is 8.56. The summed E-state index contributed by atoms with van der Waals surface area (Å²) in [6.07, 6.45) is 4.86. The van der Waals surface area contributed by atoms with E-state index >= 15 is 0 Å². The SMILES string of the molecule is CC(C)c1cccc2c(S(=O)(=O)NC3CCC(Nc4nc(NCc5ccc(Br)cc5)c5ncn(C(C)C)c5n4)CC3)cccc12. The van der Waals surface area contributed by atoms with Crippen molar-refractivity contribution < 1.29 is 8.42 Å². The molecule has 1 saturated carbocycles. The highest BCUT2D eigenvalue weighted by Crippen LogP contribution is 2.31. The molecule has 0 amide bonds. The zero-order valence-corrected chi connectivity index (χ0v) is 28.5. The molecule has 6 rings (SSSR count). The number of rotatable bonds is 10. The van der Waals surface area contributed by atoms with Crippen LogP contribution in [-0.2, 0) is 16.6 Å². The number of imidazole rings is 1. The summed E-state index contributed by atoms with van der Waals surface area (Å²) in [5.74, 6) is 1.53. The number of sulfonamides is 1. The fourth-order valence-corrected chi connectivity index (χ4v) is 7.93. The lowest BCUT2D eigenvalue weighted by atomic mass is 9.92. The number of hydrogen-bond donors (Lipinski definition) is 3. The third-order valence-corrected chi connectivity index (χ3v) is 10.7. The van der Waals surface area contributed by atoms with Crippen LogP contribution in [0.15, 0.2) is 76.4 Å². The number of fused-ring (bicyclic) bond motifs is 2. The van der Waals surface area contributed by atoms with Crippen molar-refractivity contribution in [3.63, 3.8) is 0 Å². The van der Waals surface area contributed by atoms with E-state index in [1.54, 1.807) is 6.07 Å². The van der Waals surface area contributed by atoms with Gasteiger partial charge in [0, 0.05) is 34.5 Å². The van der Waals surface area contributed by atoms with Crippen molar-refractivity contribution in [1.29, 1.82) is 0 Å². The smallest absolute Gasteiger partial charge is 0.241 e. The van der Waals surface area contributed by atoms with Gasteiger partial charge in [-0.25, -0.2) is 18.1 Å². The van der Waals surface area contributed by atoms with E-state index in [0.717, 1.165) is 63.2 Å². The number of aromatic nitrogens is 4. The van der Waals surface area contributed by atoms with Crippen LogP contribution in [0, 0.1) is 0 Å². The molecule has 1 fully saturated rings. The second-order valence-electron chi connectivity index (χ2n) is 12.5. The fraction of sp³-hybridized carbons (Fsp3) is 0.382. The van der Waals surface area contributed by atoms with Gasteiger partial charge in [-0.2, -0.15) is 9.97 Å². The van der Waals surface area contributed by atoms with E-state index in [1.807, 2.05) is 42.7 Å². The van der Waals surface area contributed by atoms with Crippen molar-refractivity contribution in [3.05, 3.63) is 82.6 Å². The molecular formula is C34H40BrN7O2S. The maximum atomic E-state index is 13.6. The lowest BCUT2D eigenvalue weighted by Gasteiger charge is -2.29. The van der Waals surface area contributed by atoms with Crippen LogP contribution in [0.25, 0.3) is 21.9 Å². The summed E-state index contributed by atoms with van der Waals surface area (Å²) in [5.41, 5.74) is 3.79. The summed E-state index contributed by atoms with van der Waals surface area (Å²) < 4.78 is 33.3. The Morgan fingerprint density at radius 3 is 2.29 bits per heavy atom. The minimum absolute atomic E-state index is 0.129. The van der Waals surface area contributed by atoms with E-state index in [4.69, 9.17) is 9.97 Å². The molecule has 0 atom stereocenters. The standard InChI is InChI=1S/C34H40BrN7O2S/c1-21(2)27-7-5-9-29-28(27)8-6-10-30(29)45(43,44)41-26-17-15-25(16-18-26)38-34-39-32(36-19-23-11-13-24(35)14-12-23)31-33(40-34)42(20-37-31)22(3)4/h5-14,20-22,25-26,41H,15-19H2,1-4H3,(H2,36,38,39,40). The Bertz CT molecular complexity index is 1920. The molecule has 5 aromatic rings. The summed E-state index contributed by atoms with van der Waals surface area (Å²) in [6.45, 7) is 9.08. The number of benzene rings is 3. The molecule has 2 aromatic heterocycles. The molecule has 9 nitrogen and oxygen atoms in total. The number of nitrogens with one attached hydrogen (secondary N) is 3. The molecule has 1 aliphatic rings. The Hall–Kier alpha value is -3.54. The highest BCUT2D eigenvalue weighted by atomic mass is 79.9. The maximum Gasteiger partial charge on any atom is 0.241 e. The number of hydrogen-bond acceptors (Lipinski definition) is 7. The van der Waals surface area contributed by atoms with Gasteiger partial charge in [-0.3, -0.25) is 0 Å². The van der Waals surface area contributed by atoms with Gasteiger partial charge < -0.3 is 15.2 Å². The maximum absolute atomic E-state index is 13.6. The average molecular weight is 691 g/mol. The number of halogens is 1. The minimum atomic E-state index is -3.69. The van der Waals surface area contributed by atoms with E-state index in [-0.39, 0.29) is 18.1 Å². The Morgan fingerprint density at radius 2 is 1.58 bits per heavy atom. The Morgan fingerprint density at radius 1 is 0.889 bits per heavy atom. The van der Waals surface area contributed by atoms with Crippen LogP contribution in [0.1, 0.15) is 76.5 Å². The van der Waals surface area contributed by atoms with Crippen molar-refractivity contribution in [3.8, 4) is 0 Å². The highest BCUT2D eigenvalue weighted by Gasteiger charge is 2.28. The van der Waals surface area contributed by atoms with Gasteiger partial charge in [0.25, 0.3) is 0 Å². The molecule has 3 aromatic carbocycles. The van der Waals surface area contributed by atoms with Gasteiger partial charge in [0.1, 0.15) is 0 Å². The van der Waals surface area contributed by atoms with Crippen molar-refractivity contribution >= 4 is 59.7 Å². The van der Waals surface area contributed by atoms with E-state index in [9.17, 15) is 8.42 Å². The molecule has 0 radical (unpaired) electrons. The zero-order chi connectivity index (χ0) is 31.7. The quantitative estimate of drug-likeness (QED) is 0.137. The summed E-state index contributed by atoms with van der Waals surface area (Å²) >= 11 is 3.49. The van der Waals surface area contributed by atoms with Crippen molar-refractivity contribution in [2.24, 2.45) is 0 Å². The van der Waals surface area contributed by atoms with Crippen LogP contribution >= 0.6 is 15.9 Å². The van der Waals surface area contributed by atoms with Gasteiger partial charge in [0.2, 0.25) is 16.0 Å². The van der Waals surface area contributed by atoms with Gasteiger partial charge in [-0.15, -0.1) is 0 Å². The Labute approximate surface area is 273 Å². The third kappa shape index (κ3) is 6.85. The lowest BCUT2D eigenvalue weighted by Crippen LogP contribution is -2.40. The normalized spacial score (nSPS) is 17.4. The Balaban J connectivity index is 1.15. The second kappa shape index (κ2) is 13.1. The number of anilines is 2. The predicted molar refractivity (Wildman–Crippen MR) is 185 cm³/mol. The molecular weight excluding hydrogens is 650 g/mol. The molecule has 0 saturated heterocycles. The molecule has 1 aliphatic carbocycles. The van der Waals surface area contributed by atoms with E-state index < -0.39 is 10.0 Å². The Kier molecular flexibility index (Phi) is 9.12. The van der Waals surface area contributed by atoms with E-state index in [0.29, 0.717) is 29.1 Å². The molecule has 0 bridgehead atoms. The van der Waals surface area contributed by atoms with Crippen LogP contribution in [0.4, 0.5) is 11.8 Å². The first-order valence-corrected chi connectivity index (χ1v) is 17.9. The summed E-state index contributed by atoms with van der Waals surface area (Å²) in [7, 11) is -3.69. The first-order valence-electron chi connectivity index (χ1n) is 15.6. The topological polar surface area (TPSA) is 114 Å². The van der Waals surface area contributed by atoms with Crippen LogP contribution in [0.2, 0.25) is 0 Å². The summed E-state index contributed by atoms with van der Waals surface area (Å²) in [6, 6.07) is 19.8. The minimum Gasteiger partial charge on any atom is -0.364 e. The fourth-order valence-electron chi connectivity index (χ4n) is 6.13. The first-order chi connectivity index (χ1) is 21.6. The number of nitrogens with zero attached hydrogens (tertiary/aromatic N) is 4. The summed E-state index contributed by atoms with van der Waals surface area (Å²) in [5, 5.41) is 8.77. The first kappa shape index (κ1) is 31.4. The molecule has 45 heavy (non-hydrogen) atoms. The van der Waals surface area contributed by atoms with E-state index in [2.05, 4.69) is 86.7 Å². The highest BCUT2D eigenvalue weighted by molar-refractivity contribution is 9.10. The van der Waals surface area contributed by atoms with Crippen molar-refractivity contribution in [2.45, 2.75) is 88.9 Å². The van der Waals surface area contributed by atoms with Crippen LogP contribution < -0.4 is 15.4 Å². The van der Waals surface area contributed by atoms with Crippen molar-refractivity contribution in [2.75, 3.05) is 10.6 Å². The van der Waals surface area contributed by atoms with Gasteiger partial charge in [-0.1, -0.05) is 72.2 Å². The van der Waals surface area contributed by atoms with Crippen LogP contribution in [0.3, 0.4) is 0 Å². The van der Waals surface area contributed by atoms with Crippen LogP contribution in [-0.4, -0.2) is 40.0 Å². The molecule has 0 aliphatic heterocycles. The zero-order valence-electron chi connectivity index (χ0n) is 26.1. The average Bonchev–Trinajstić information content (AvgIpc) is 3.45. The van der Waals surface area contributed by atoms with Crippen molar-refractivity contribution in [1.82, 2.24) is 24.2 Å². The second-order valence-corrected chi connectivity index (χ2v) is 15.1. The van der Waals surface area contributed by atoms with Gasteiger partial charge in [0.15, 0.2) is 17.0 Å². The van der Waals surface area contributed by atoms with Gasteiger partial charge >= 0.3 is 0 Å². The predicted octanol–water partition coefficient (Wildman–Crippen LogP) is 7.76. The van der Waals surface area contributed by atoms with Gasteiger partial charge in [-0.05, 0) is 80.2 Å². The van der Waals surface area contributed by atoms with Gasteiger partial charge in [0.05, 0.1) is 11.2 Å². The molecule has 2 heterocycles. The molecule has 3 N–H and O–H groups in total. The monoisotopic (exact) mass is 689 g/mol. The molecule has 236 valence electrons. The van der Waals surface area contributed by atoms with E-state index in [1.165, 1.54) is 0 Å². The van der Waals surface area contributed by atoms with Crippen LogP contribution in [0.5, 0.6) is 0 Å². The molecule has 0 spiro atoms. The largest absolute Gasteiger partial charge is 0.364 e. The molecule has 11 heteroatoms. The molecule has 0 unspecified atom stereocenters. The summed E-state index contributed by atoms with van der Waals surface area (Å²) in [4.78, 5) is 14.7. The lowest BCUT2D eigenvalue weighted by molar-refractivity contribution is 0.386.